The second kappa shape index (κ2) is 38.0. The average molecular weight is 802 g/mol. The average Bonchev–Trinajstić information content (AvgIpc) is 3.15. The van der Waals surface area contributed by atoms with Crippen LogP contribution in [0.2, 0.25) is 0 Å². The SMILES string of the molecule is CC/C=C\C/C=C\C/C=C\C/C=C\C/C=C\CCCC(=O)NC(COP(=O)(O)OCC[N+](C)(C)C)C(O)/C=C/CC/C=C/CC/C=C/CCCCCCCCC. The maximum Gasteiger partial charge on any atom is 0.472 e. The first kappa shape index (κ1) is 53.4. The van der Waals surface area contributed by atoms with Crippen LogP contribution in [0.25, 0.3) is 0 Å². The Morgan fingerprint density at radius 3 is 1.64 bits per heavy atom. The molecule has 320 valence electrons. The van der Waals surface area contributed by atoms with Gasteiger partial charge in [0.25, 0.3) is 0 Å². The Balaban J connectivity index is 4.67. The largest absolute Gasteiger partial charge is 0.472 e. The zero-order valence-electron chi connectivity index (χ0n) is 36.1. The second-order valence-electron chi connectivity index (χ2n) is 15.3. The standard InChI is InChI=1S/C47H81N2O6P/c1-6-8-10-12-14-16-18-20-22-24-26-28-30-32-34-36-38-40-46(50)45(44-55-56(52,53)54-43-42-49(3,4)5)48-47(51)41-39-37-35-33-31-29-27-25-23-21-19-17-15-13-11-9-7-2/h9,11,15,17,21-24,27,29-30,32-33,35,38,40,45-46,50H,6-8,10,12-14,16,18-20,25-26,28,31,34,36-37,39,41-44H2,1-5H3,(H-,48,51,52,53)/p+1/b11-9-,17-15-,23-21-,24-22+,29-27-,32-30+,35-33-,40-38+. The number of rotatable bonds is 37. The van der Waals surface area contributed by atoms with Gasteiger partial charge in [0.2, 0.25) is 5.91 Å². The molecule has 0 aliphatic rings. The lowest BCUT2D eigenvalue weighted by molar-refractivity contribution is -0.870. The summed E-state index contributed by atoms with van der Waals surface area (Å²) in [5.41, 5.74) is 0. The van der Waals surface area contributed by atoms with Crippen molar-refractivity contribution < 1.29 is 32.9 Å². The lowest BCUT2D eigenvalue weighted by Crippen LogP contribution is -2.45. The monoisotopic (exact) mass is 802 g/mol. The van der Waals surface area contributed by atoms with E-state index in [1.54, 1.807) is 6.08 Å². The Morgan fingerprint density at radius 2 is 1.09 bits per heavy atom. The van der Waals surface area contributed by atoms with Crippen molar-refractivity contribution in [1.29, 1.82) is 0 Å². The van der Waals surface area contributed by atoms with Crippen LogP contribution in [-0.2, 0) is 18.4 Å². The highest BCUT2D eigenvalue weighted by Gasteiger charge is 2.27. The number of allylic oxidation sites excluding steroid dienone is 15. The number of hydrogen-bond donors (Lipinski definition) is 3. The molecule has 0 saturated heterocycles. The van der Waals surface area contributed by atoms with Crippen molar-refractivity contribution in [1.82, 2.24) is 5.32 Å². The van der Waals surface area contributed by atoms with Crippen molar-refractivity contribution in [2.75, 3.05) is 40.9 Å². The summed E-state index contributed by atoms with van der Waals surface area (Å²) in [5.74, 6) is -0.253. The summed E-state index contributed by atoms with van der Waals surface area (Å²) in [7, 11) is 1.49. The van der Waals surface area contributed by atoms with E-state index in [4.69, 9.17) is 9.05 Å². The minimum atomic E-state index is -4.37. The molecule has 0 bridgehead atoms. The molecule has 9 heteroatoms. The topological polar surface area (TPSA) is 105 Å². The third-order valence-electron chi connectivity index (χ3n) is 8.77. The molecule has 1 amide bonds. The van der Waals surface area contributed by atoms with Gasteiger partial charge in [0.1, 0.15) is 13.2 Å². The third kappa shape index (κ3) is 39.6. The van der Waals surface area contributed by atoms with Crippen LogP contribution in [-0.4, -0.2) is 73.4 Å². The molecule has 0 spiro atoms. The molecule has 0 aliphatic carbocycles. The molecular weight excluding hydrogens is 719 g/mol. The van der Waals surface area contributed by atoms with Gasteiger partial charge in [-0.25, -0.2) is 4.57 Å². The Kier molecular flexibility index (Phi) is 36.2. The fourth-order valence-corrected chi connectivity index (χ4v) is 6.08. The van der Waals surface area contributed by atoms with Gasteiger partial charge in [0.15, 0.2) is 0 Å². The smallest absolute Gasteiger partial charge is 0.387 e. The van der Waals surface area contributed by atoms with Crippen molar-refractivity contribution in [3.8, 4) is 0 Å². The van der Waals surface area contributed by atoms with Crippen LogP contribution >= 0.6 is 7.82 Å². The van der Waals surface area contributed by atoms with Crippen molar-refractivity contribution in [3.05, 3.63) is 97.2 Å². The summed E-state index contributed by atoms with van der Waals surface area (Å²) < 4.78 is 23.5. The van der Waals surface area contributed by atoms with Crippen LogP contribution in [0.15, 0.2) is 97.2 Å². The van der Waals surface area contributed by atoms with Crippen molar-refractivity contribution in [2.24, 2.45) is 0 Å². The minimum absolute atomic E-state index is 0.0373. The highest BCUT2D eigenvalue weighted by molar-refractivity contribution is 7.47. The van der Waals surface area contributed by atoms with Crippen molar-refractivity contribution in [2.45, 2.75) is 154 Å². The maximum absolute atomic E-state index is 12.8. The summed E-state index contributed by atoms with van der Waals surface area (Å²) in [6.07, 6.45) is 53.4. The normalized spacial score (nSPS) is 15.3. The first-order valence-electron chi connectivity index (χ1n) is 21.6. The van der Waals surface area contributed by atoms with E-state index >= 15 is 0 Å². The van der Waals surface area contributed by atoms with E-state index in [1.807, 2.05) is 27.2 Å². The Hall–Kier alpha value is -2.58. The fraction of sp³-hybridized carbons (Fsp3) is 0.638. The molecule has 0 aromatic rings. The van der Waals surface area contributed by atoms with E-state index in [9.17, 15) is 19.4 Å². The second-order valence-corrected chi connectivity index (χ2v) is 16.8. The highest BCUT2D eigenvalue weighted by atomic mass is 31.2. The molecule has 0 heterocycles. The van der Waals surface area contributed by atoms with E-state index in [-0.39, 0.29) is 25.5 Å². The number of amides is 1. The van der Waals surface area contributed by atoms with Gasteiger partial charge in [-0.1, -0.05) is 150 Å². The van der Waals surface area contributed by atoms with E-state index in [0.717, 1.165) is 64.2 Å². The molecule has 0 aromatic carbocycles. The molecular formula is C47H82N2O6P+. The lowest BCUT2D eigenvalue weighted by atomic mass is 10.1. The third-order valence-corrected chi connectivity index (χ3v) is 9.75. The first-order chi connectivity index (χ1) is 27.0. The van der Waals surface area contributed by atoms with E-state index in [0.29, 0.717) is 17.4 Å². The minimum Gasteiger partial charge on any atom is -0.387 e. The van der Waals surface area contributed by atoms with Gasteiger partial charge in [-0.15, -0.1) is 0 Å². The number of nitrogens with one attached hydrogen (secondary N) is 1. The Bertz CT molecular complexity index is 1230. The molecule has 3 atom stereocenters. The number of phosphoric acid groups is 1. The van der Waals surface area contributed by atoms with Crippen molar-refractivity contribution in [3.63, 3.8) is 0 Å². The number of aliphatic hydroxyl groups is 1. The van der Waals surface area contributed by atoms with E-state index < -0.39 is 20.0 Å². The summed E-state index contributed by atoms with van der Waals surface area (Å²) in [4.78, 5) is 23.1. The van der Waals surface area contributed by atoms with Crippen LogP contribution in [0.5, 0.6) is 0 Å². The molecule has 0 aromatic heterocycles. The summed E-state index contributed by atoms with van der Waals surface area (Å²) >= 11 is 0. The molecule has 0 rings (SSSR count). The molecule has 0 aliphatic heterocycles. The predicted molar refractivity (Wildman–Crippen MR) is 239 cm³/mol. The van der Waals surface area contributed by atoms with E-state index in [1.165, 1.54) is 51.4 Å². The number of carbonyl (C=O) groups is 1. The number of likely N-dealkylation sites (N-methyl/N-ethyl adjacent to an activating group) is 1. The number of nitrogens with zero attached hydrogens (tertiary/aromatic N) is 1. The number of unbranched alkanes of at least 4 members (excludes halogenated alkanes) is 10. The highest BCUT2D eigenvalue weighted by Crippen LogP contribution is 2.43. The first-order valence-corrected chi connectivity index (χ1v) is 23.1. The predicted octanol–water partition coefficient (Wildman–Crippen LogP) is 12.0. The number of quaternary nitrogens is 1. The van der Waals surface area contributed by atoms with Crippen LogP contribution < -0.4 is 5.32 Å². The maximum atomic E-state index is 12.8. The number of aliphatic hydroxyl groups excluding tert-OH is 1. The van der Waals surface area contributed by atoms with Gasteiger partial charge >= 0.3 is 7.82 Å². The fourth-order valence-electron chi connectivity index (χ4n) is 5.34. The van der Waals surface area contributed by atoms with Gasteiger partial charge in [-0.3, -0.25) is 13.8 Å². The van der Waals surface area contributed by atoms with Crippen LogP contribution in [0.1, 0.15) is 142 Å². The van der Waals surface area contributed by atoms with Crippen LogP contribution in [0, 0.1) is 0 Å². The molecule has 0 fully saturated rings. The van der Waals surface area contributed by atoms with Gasteiger partial charge in [-0.2, -0.15) is 0 Å². The zero-order chi connectivity index (χ0) is 41.4. The van der Waals surface area contributed by atoms with Gasteiger partial charge in [-0.05, 0) is 83.5 Å². The Morgan fingerprint density at radius 1 is 0.625 bits per heavy atom. The number of phosphoric ester groups is 1. The van der Waals surface area contributed by atoms with Gasteiger partial charge < -0.3 is 19.8 Å². The summed E-state index contributed by atoms with van der Waals surface area (Å²) in [5, 5.41) is 13.7. The van der Waals surface area contributed by atoms with Crippen molar-refractivity contribution >= 4 is 13.7 Å². The van der Waals surface area contributed by atoms with Crippen LogP contribution in [0.4, 0.5) is 0 Å². The van der Waals surface area contributed by atoms with Gasteiger partial charge in [0, 0.05) is 6.42 Å². The number of carbonyl (C=O) groups excluding carboxylic acids is 1. The van der Waals surface area contributed by atoms with E-state index in [2.05, 4.69) is 104 Å². The molecule has 0 radical (unpaired) electrons. The van der Waals surface area contributed by atoms with Crippen LogP contribution in [0.3, 0.4) is 0 Å². The summed E-state index contributed by atoms with van der Waals surface area (Å²) in [6, 6.07) is -0.904. The van der Waals surface area contributed by atoms with Gasteiger partial charge in [0.05, 0.1) is 39.9 Å². The lowest BCUT2D eigenvalue weighted by Gasteiger charge is -2.25. The quantitative estimate of drug-likeness (QED) is 0.0250. The molecule has 0 saturated carbocycles. The summed E-state index contributed by atoms with van der Waals surface area (Å²) in [6.45, 7) is 4.58. The number of hydrogen-bond acceptors (Lipinski definition) is 5. The Labute approximate surface area is 343 Å². The molecule has 8 nitrogen and oxygen atoms in total. The zero-order valence-corrected chi connectivity index (χ0v) is 37.0. The molecule has 3 N–H and O–H groups in total. The molecule has 56 heavy (non-hydrogen) atoms. The molecule has 3 unspecified atom stereocenters.